The number of rotatable bonds is 5. The van der Waals surface area contributed by atoms with Crippen LogP contribution in [-0.2, 0) is 19.1 Å². The summed E-state index contributed by atoms with van der Waals surface area (Å²) in [6, 6.07) is 12.9. The zero-order chi connectivity index (χ0) is 19.6. The van der Waals surface area contributed by atoms with Gasteiger partial charge >= 0.3 is 5.97 Å². The third-order valence-corrected chi connectivity index (χ3v) is 4.30. The number of hydrogen-bond donors (Lipinski definition) is 0. The molecule has 0 unspecified atom stereocenters. The molecule has 0 radical (unpaired) electrons. The first-order valence-corrected chi connectivity index (χ1v) is 8.29. The first kappa shape index (κ1) is 18.2. The molecule has 2 aromatic carbocycles. The Kier molecular flexibility index (Phi) is 4.98. The Hall–Kier alpha value is -3.55. The van der Waals surface area contributed by atoms with E-state index in [0.717, 1.165) is 0 Å². The molecule has 8 heteroatoms. The zero-order valence-electron chi connectivity index (χ0n) is 14.4. The molecule has 2 aromatic rings. The van der Waals surface area contributed by atoms with E-state index in [4.69, 9.17) is 4.74 Å². The number of ether oxygens (including phenoxy) is 1. The summed E-state index contributed by atoms with van der Waals surface area (Å²) in [6.45, 7) is 1.64. The number of non-ortho nitro benzene ring substituents is 1. The monoisotopic (exact) mass is 368 g/mol. The maximum absolute atomic E-state index is 12.7. The molecule has 1 aliphatic rings. The minimum absolute atomic E-state index is 0.0454. The molecule has 0 spiro atoms. The predicted molar refractivity (Wildman–Crippen MR) is 94.9 cm³/mol. The van der Waals surface area contributed by atoms with E-state index in [1.165, 1.54) is 23.1 Å². The molecule has 0 saturated carbocycles. The van der Waals surface area contributed by atoms with E-state index in [0.29, 0.717) is 11.3 Å². The third kappa shape index (κ3) is 3.29. The lowest BCUT2D eigenvalue weighted by Gasteiger charge is -2.26. The van der Waals surface area contributed by atoms with Gasteiger partial charge in [-0.1, -0.05) is 30.3 Å². The highest BCUT2D eigenvalue weighted by atomic mass is 16.6. The molecule has 0 bridgehead atoms. The number of ketones is 1. The van der Waals surface area contributed by atoms with Crippen molar-refractivity contribution in [2.75, 3.05) is 11.5 Å². The van der Waals surface area contributed by atoms with Crippen molar-refractivity contribution >= 4 is 29.0 Å². The third-order valence-electron chi connectivity index (χ3n) is 4.30. The van der Waals surface area contributed by atoms with E-state index in [1.807, 2.05) is 0 Å². The number of anilines is 1. The van der Waals surface area contributed by atoms with E-state index in [9.17, 15) is 24.5 Å². The topological polar surface area (TPSA) is 107 Å². The normalized spacial score (nSPS) is 19.2. The highest BCUT2D eigenvalue weighted by molar-refractivity contribution is 6.47. The summed E-state index contributed by atoms with van der Waals surface area (Å²) in [6.07, 6.45) is 0. The molecule has 1 fully saturated rings. The number of amides is 1. The number of nitrogens with zero attached hydrogens (tertiary/aromatic N) is 2. The summed E-state index contributed by atoms with van der Waals surface area (Å²) in [7, 11) is 0. The molecular weight excluding hydrogens is 352 g/mol. The van der Waals surface area contributed by atoms with Gasteiger partial charge in [-0.2, -0.15) is 0 Å². The first-order valence-electron chi connectivity index (χ1n) is 8.29. The van der Waals surface area contributed by atoms with Crippen LogP contribution in [0.25, 0.3) is 0 Å². The van der Waals surface area contributed by atoms with Crippen molar-refractivity contribution in [2.24, 2.45) is 5.92 Å². The summed E-state index contributed by atoms with van der Waals surface area (Å²) in [5.41, 5.74) is 0.527. The second kappa shape index (κ2) is 7.36. The van der Waals surface area contributed by atoms with Gasteiger partial charge < -0.3 is 4.74 Å². The van der Waals surface area contributed by atoms with Crippen LogP contribution in [0.5, 0.6) is 0 Å². The van der Waals surface area contributed by atoms with E-state index in [-0.39, 0.29) is 12.3 Å². The molecule has 0 aliphatic carbocycles. The molecule has 138 valence electrons. The number of nitro benzene ring substituents is 1. The van der Waals surface area contributed by atoms with Crippen LogP contribution < -0.4 is 4.90 Å². The number of hydrogen-bond acceptors (Lipinski definition) is 6. The molecule has 1 saturated heterocycles. The number of carbonyl (C=O) groups is 3. The van der Waals surface area contributed by atoms with Crippen molar-refractivity contribution in [3.63, 3.8) is 0 Å². The maximum atomic E-state index is 12.7. The summed E-state index contributed by atoms with van der Waals surface area (Å²) in [5.74, 6) is -3.96. The number of nitro groups is 1. The van der Waals surface area contributed by atoms with Gasteiger partial charge in [0, 0.05) is 17.8 Å². The second-order valence-electron chi connectivity index (χ2n) is 5.90. The maximum Gasteiger partial charge on any atom is 0.319 e. The van der Waals surface area contributed by atoms with Crippen molar-refractivity contribution < 1.29 is 24.0 Å². The SMILES string of the molecule is CCOC(=O)[C@H]1C(=O)C(=O)N(c2ccccc2)[C@@H]1c1cccc([N+](=O)[O-])c1. The fraction of sp³-hybridized carbons (Fsp3) is 0.211. The highest BCUT2D eigenvalue weighted by Gasteiger charge is 2.53. The van der Waals surface area contributed by atoms with Gasteiger partial charge in [0.25, 0.3) is 11.6 Å². The number of para-hydroxylation sites is 1. The number of Topliss-reactive ketones (excluding diaryl/α,β-unsaturated/α-hetero) is 1. The van der Waals surface area contributed by atoms with Crippen molar-refractivity contribution in [2.45, 2.75) is 13.0 Å². The largest absolute Gasteiger partial charge is 0.465 e. The standard InChI is InChI=1S/C19H16N2O6/c1-2-27-19(24)15-16(12-7-6-10-14(11-12)21(25)26)20(18(23)17(15)22)13-8-4-3-5-9-13/h3-11,15-16H,2H2,1H3/t15-,16-/m1/s1. The predicted octanol–water partition coefficient (Wildman–Crippen LogP) is 2.43. The molecule has 1 heterocycles. The van der Waals surface area contributed by atoms with Crippen LogP contribution in [0.4, 0.5) is 11.4 Å². The minimum atomic E-state index is -1.39. The highest BCUT2D eigenvalue weighted by Crippen LogP contribution is 2.40. The molecule has 0 aromatic heterocycles. The molecular formula is C19H16N2O6. The summed E-state index contributed by atoms with van der Waals surface area (Å²) in [4.78, 5) is 49.4. The Bertz CT molecular complexity index is 911. The van der Waals surface area contributed by atoms with Crippen LogP contribution in [-0.4, -0.2) is 29.2 Å². The quantitative estimate of drug-likeness (QED) is 0.264. The smallest absolute Gasteiger partial charge is 0.319 e. The fourth-order valence-electron chi connectivity index (χ4n) is 3.17. The summed E-state index contributed by atoms with van der Waals surface area (Å²) < 4.78 is 4.99. The van der Waals surface area contributed by atoms with Crippen LogP contribution >= 0.6 is 0 Å². The van der Waals surface area contributed by atoms with Crippen molar-refractivity contribution in [1.82, 2.24) is 0 Å². The number of benzene rings is 2. The van der Waals surface area contributed by atoms with Crippen LogP contribution in [0.15, 0.2) is 54.6 Å². The number of carbonyl (C=O) groups excluding carboxylic acids is 3. The Morgan fingerprint density at radius 2 is 1.85 bits per heavy atom. The van der Waals surface area contributed by atoms with Crippen LogP contribution in [0.3, 0.4) is 0 Å². The Balaban J connectivity index is 2.16. The fourth-order valence-corrected chi connectivity index (χ4v) is 3.17. The second-order valence-corrected chi connectivity index (χ2v) is 5.90. The van der Waals surface area contributed by atoms with E-state index < -0.39 is 34.5 Å². The van der Waals surface area contributed by atoms with Crippen molar-refractivity contribution in [1.29, 1.82) is 0 Å². The lowest BCUT2D eigenvalue weighted by molar-refractivity contribution is -0.384. The van der Waals surface area contributed by atoms with Crippen LogP contribution in [0.1, 0.15) is 18.5 Å². The van der Waals surface area contributed by atoms with E-state index in [1.54, 1.807) is 43.3 Å². The van der Waals surface area contributed by atoms with Gasteiger partial charge in [-0.3, -0.25) is 29.4 Å². The number of esters is 1. The van der Waals surface area contributed by atoms with Gasteiger partial charge in [-0.05, 0) is 24.6 Å². The molecule has 8 nitrogen and oxygen atoms in total. The first-order chi connectivity index (χ1) is 13.0. The molecule has 0 N–H and O–H groups in total. The minimum Gasteiger partial charge on any atom is -0.465 e. The van der Waals surface area contributed by atoms with Crippen molar-refractivity contribution in [3.05, 3.63) is 70.3 Å². The van der Waals surface area contributed by atoms with Crippen molar-refractivity contribution in [3.8, 4) is 0 Å². The van der Waals surface area contributed by atoms with E-state index in [2.05, 4.69) is 0 Å². The zero-order valence-corrected chi connectivity index (χ0v) is 14.4. The van der Waals surface area contributed by atoms with Gasteiger partial charge in [0.05, 0.1) is 17.6 Å². The lowest BCUT2D eigenvalue weighted by Crippen LogP contribution is -2.31. The van der Waals surface area contributed by atoms with Gasteiger partial charge in [-0.25, -0.2) is 0 Å². The van der Waals surface area contributed by atoms with Crippen LogP contribution in [0.2, 0.25) is 0 Å². The molecule has 27 heavy (non-hydrogen) atoms. The van der Waals surface area contributed by atoms with E-state index >= 15 is 0 Å². The molecule has 1 amide bonds. The Labute approximate surface area is 154 Å². The van der Waals surface area contributed by atoms with Crippen LogP contribution in [0, 0.1) is 16.0 Å². The van der Waals surface area contributed by atoms with Gasteiger partial charge in [0.2, 0.25) is 5.78 Å². The average molecular weight is 368 g/mol. The Morgan fingerprint density at radius 3 is 2.48 bits per heavy atom. The molecule has 2 atom stereocenters. The van der Waals surface area contributed by atoms with Gasteiger partial charge in [0.1, 0.15) is 5.92 Å². The van der Waals surface area contributed by atoms with Gasteiger partial charge in [-0.15, -0.1) is 0 Å². The lowest BCUT2D eigenvalue weighted by atomic mass is 9.92. The molecule has 3 rings (SSSR count). The Morgan fingerprint density at radius 1 is 1.15 bits per heavy atom. The molecule has 1 aliphatic heterocycles. The van der Waals surface area contributed by atoms with Gasteiger partial charge in [0.15, 0.2) is 0 Å². The summed E-state index contributed by atoms with van der Waals surface area (Å²) in [5, 5.41) is 11.1. The average Bonchev–Trinajstić information content (AvgIpc) is 2.94. The summed E-state index contributed by atoms with van der Waals surface area (Å²) >= 11 is 0.